The third-order valence-corrected chi connectivity index (χ3v) is 6.13. The standard InChI is InChI=1S/C23H31N5O2/c1-18-12-19(2)15-27(14-18)22(29)16-25-8-10-26(11-9-25)23(30)21-13-24-17-28(21)20-6-4-3-5-7-20/h3-7,13,17-19H,8-12,14-16H2,1-2H3. The Kier molecular flexibility index (Phi) is 6.18. The molecule has 2 aliphatic rings. The molecule has 2 amide bonds. The van der Waals surface area contributed by atoms with Gasteiger partial charge in [0, 0.05) is 45.0 Å². The van der Waals surface area contributed by atoms with Crippen LogP contribution in [-0.4, -0.2) is 81.9 Å². The van der Waals surface area contributed by atoms with E-state index in [4.69, 9.17) is 0 Å². The van der Waals surface area contributed by atoms with E-state index < -0.39 is 0 Å². The summed E-state index contributed by atoms with van der Waals surface area (Å²) in [5.41, 5.74) is 1.49. The Balaban J connectivity index is 1.32. The van der Waals surface area contributed by atoms with Gasteiger partial charge >= 0.3 is 0 Å². The number of imidazole rings is 1. The van der Waals surface area contributed by atoms with E-state index >= 15 is 0 Å². The van der Waals surface area contributed by atoms with Crippen LogP contribution in [0.1, 0.15) is 30.8 Å². The van der Waals surface area contributed by atoms with E-state index in [0.717, 1.165) is 31.9 Å². The topological polar surface area (TPSA) is 61.7 Å². The highest BCUT2D eigenvalue weighted by atomic mass is 16.2. The van der Waals surface area contributed by atoms with Gasteiger partial charge < -0.3 is 9.80 Å². The first-order chi connectivity index (χ1) is 14.5. The number of amides is 2. The molecule has 160 valence electrons. The predicted octanol–water partition coefficient (Wildman–Crippen LogP) is 2.13. The number of piperidine rings is 1. The SMILES string of the molecule is CC1CC(C)CN(C(=O)CN2CCN(C(=O)c3cncn3-c3ccccc3)CC2)C1. The number of rotatable bonds is 4. The van der Waals surface area contributed by atoms with Crippen molar-refractivity contribution in [3.05, 3.63) is 48.5 Å². The van der Waals surface area contributed by atoms with Gasteiger partial charge in [-0.25, -0.2) is 4.98 Å². The van der Waals surface area contributed by atoms with Crippen molar-refractivity contribution in [2.75, 3.05) is 45.8 Å². The van der Waals surface area contributed by atoms with Gasteiger partial charge in [0.05, 0.1) is 19.1 Å². The lowest BCUT2D eigenvalue weighted by atomic mass is 9.92. The molecule has 3 heterocycles. The Morgan fingerprint density at radius 2 is 1.63 bits per heavy atom. The molecule has 0 saturated carbocycles. The predicted molar refractivity (Wildman–Crippen MR) is 115 cm³/mol. The highest BCUT2D eigenvalue weighted by molar-refractivity contribution is 5.93. The summed E-state index contributed by atoms with van der Waals surface area (Å²) in [4.78, 5) is 36.1. The maximum Gasteiger partial charge on any atom is 0.272 e. The molecule has 0 bridgehead atoms. The molecule has 0 aliphatic carbocycles. The fourth-order valence-electron chi connectivity index (χ4n) is 4.68. The third kappa shape index (κ3) is 4.56. The maximum absolute atomic E-state index is 13.1. The normalized spacial score (nSPS) is 22.9. The average Bonchev–Trinajstić information content (AvgIpc) is 3.23. The van der Waals surface area contributed by atoms with Crippen LogP contribution in [-0.2, 0) is 4.79 Å². The molecule has 2 aliphatic heterocycles. The van der Waals surface area contributed by atoms with E-state index in [0.29, 0.717) is 37.2 Å². The second kappa shape index (κ2) is 9.00. The lowest BCUT2D eigenvalue weighted by molar-refractivity contribution is -0.135. The second-order valence-corrected chi connectivity index (χ2v) is 8.80. The molecule has 2 fully saturated rings. The van der Waals surface area contributed by atoms with E-state index in [-0.39, 0.29) is 11.8 Å². The van der Waals surface area contributed by atoms with Crippen molar-refractivity contribution < 1.29 is 9.59 Å². The summed E-state index contributed by atoms with van der Waals surface area (Å²) in [5.74, 6) is 1.35. The smallest absolute Gasteiger partial charge is 0.272 e. The Morgan fingerprint density at radius 3 is 2.30 bits per heavy atom. The quantitative estimate of drug-likeness (QED) is 0.776. The monoisotopic (exact) mass is 409 g/mol. The first-order valence-electron chi connectivity index (χ1n) is 10.9. The number of carbonyl (C=O) groups excluding carboxylic acids is 2. The van der Waals surface area contributed by atoms with Crippen molar-refractivity contribution in [3.63, 3.8) is 0 Å². The van der Waals surface area contributed by atoms with Gasteiger partial charge in [0.25, 0.3) is 5.91 Å². The van der Waals surface area contributed by atoms with Crippen molar-refractivity contribution in [3.8, 4) is 5.69 Å². The van der Waals surface area contributed by atoms with Crippen LogP contribution in [0.25, 0.3) is 5.69 Å². The molecule has 7 heteroatoms. The molecule has 0 spiro atoms. The third-order valence-electron chi connectivity index (χ3n) is 6.13. The molecule has 0 radical (unpaired) electrons. The molecule has 0 N–H and O–H groups in total. The Morgan fingerprint density at radius 1 is 0.967 bits per heavy atom. The summed E-state index contributed by atoms with van der Waals surface area (Å²) >= 11 is 0. The average molecular weight is 410 g/mol. The number of hydrogen-bond donors (Lipinski definition) is 0. The van der Waals surface area contributed by atoms with E-state index in [9.17, 15) is 9.59 Å². The fourth-order valence-corrected chi connectivity index (χ4v) is 4.68. The molecule has 2 atom stereocenters. The van der Waals surface area contributed by atoms with Gasteiger partial charge in [-0.05, 0) is 30.4 Å². The molecule has 2 unspecified atom stereocenters. The largest absolute Gasteiger partial charge is 0.341 e. The first-order valence-corrected chi connectivity index (χ1v) is 10.9. The van der Waals surface area contributed by atoms with E-state index in [1.807, 2.05) is 44.7 Å². The van der Waals surface area contributed by atoms with E-state index in [1.54, 1.807) is 12.5 Å². The van der Waals surface area contributed by atoms with Gasteiger partial charge in [0.1, 0.15) is 5.69 Å². The summed E-state index contributed by atoms with van der Waals surface area (Å²) in [5, 5.41) is 0. The van der Waals surface area contributed by atoms with Gasteiger partial charge in [-0.3, -0.25) is 19.1 Å². The number of piperazine rings is 1. The van der Waals surface area contributed by atoms with E-state index in [2.05, 4.69) is 23.7 Å². The van der Waals surface area contributed by atoms with Crippen molar-refractivity contribution >= 4 is 11.8 Å². The van der Waals surface area contributed by atoms with Crippen molar-refractivity contribution in [2.24, 2.45) is 11.8 Å². The minimum absolute atomic E-state index is 0.0130. The van der Waals surface area contributed by atoms with Crippen LogP contribution in [0, 0.1) is 11.8 Å². The number of para-hydroxylation sites is 1. The number of hydrogen-bond acceptors (Lipinski definition) is 4. The summed E-state index contributed by atoms with van der Waals surface area (Å²) in [7, 11) is 0. The van der Waals surface area contributed by atoms with Crippen LogP contribution in [0.5, 0.6) is 0 Å². The van der Waals surface area contributed by atoms with Gasteiger partial charge in [-0.2, -0.15) is 0 Å². The number of aromatic nitrogens is 2. The molecule has 1 aromatic heterocycles. The zero-order chi connectivity index (χ0) is 21.1. The molecular formula is C23H31N5O2. The summed E-state index contributed by atoms with van der Waals surface area (Å²) in [6, 6.07) is 9.77. The number of likely N-dealkylation sites (tertiary alicyclic amines) is 1. The van der Waals surface area contributed by atoms with Crippen LogP contribution < -0.4 is 0 Å². The first kappa shape index (κ1) is 20.6. The molecule has 30 heavy (non-hydrogen) atoms. The molecule has 1 aromatic carbocycles. The Labute approximate surface area is 178 Å². The second-order valence-electron chi connectivity index (χ2n) is 8.80. The van der Waals surface area contributed by atoms with Gasteiger partial charge in [-0.1, -0.05) is 32.0 Å². The summed E-state index contributed by atoms with van der Waals surface area (Å²) in [6.07, 6.45) is 4.51. The van der Waals surface area contributed by atoms with Crippen LogP contribution >= 0.6 is 0 Å². The zero-order valence-corrected chi connectivity index (χ0v) is 17.9. The molecule has 4 rings (SSSR count). The highest BCUT2D eigenvalue weighted by Gasteiger charge is 2.29. The summed E-state index contributed by atoms with van der Waals surface area (Å²) in [6.45, 7) is 9.31. The minimum atomic E-state index is -0.0130. The Hall–Kier alpha value is -2.67. The minimum Gasteiger partial charge on any atom is -0.341 e. The molecule has 7 nitrogen and oxygen atoms in total. The number of carbonyl (C=O) groups is 2. The van der Waals surface area contributed by atoms with Crippen LogP contribution in [0.4, 0.5) is 0 Å². The van der Waals surface area contributed by atoms with Crippen molar-refractivity contribution in [1.82, 2.24) is 24.3 Å². The summed E-state index contributed by atoms with van der Waals surface area (Å²) < 4.78 is 1.83. The highest BCUT2D eigenvalue weighted by Crippen LogP contribution is 2.21. The number of nitrogens with zero attached hydrogens (tertiary/aromatic N) is 5. The number of benzene rings is 1. The van der Waals surface area contributed by atoms with Gasteiger partial charge in [0.2, 0.25) is 5.91 Å². The zero-order valence-electron chi connectivity index (χ0n) is 17.9. The van der Waals surface area contributed by atoms with Crippen LogP contribution in [0.2, 0.25) is 0 Å². The lowest BCUT2D eigenvalue weighted by Crippen LogP contribution is -2.53. The van der Waals surface area contributed by atoms with Crippen molar-refractivity contribution in [1.29, 1.82) is 0 Å². The fraction of sp³-hybridized carbons (Fsp3) is 0.522. The molecular weight excluding hydrogens is 378 g/mol. The van der Waals surface area contributed by atoms with Crippen LogP contribution in [0.3, 0.4) is 0 Å². The Bertz CT molecular complexity index is 863. The van der Waals surface area contributed by atoms with Gasteiger partial charge in [0.15, 0.2) is 0 Å². The van der Waals surface area contributed by atoms with Crippen LogP contribution in [0.15, 0.2) is 42.9 Å². The molecule has 2 aromatic rings. The maximum atomic E-state index is 13.1. The van der Waals surface area contributed by atoms with Gasteiger partial charge in [-0.15, -0.1) is 0 Å². The lowest BCUT2D eigenvalue weighted by Gasteiger charge is -2.38. The molecule has 2 saturated heterocycles. The van der Waals surface area contributed by atoms with E-state index in [1.165, 1.54) is 6.42 Å². The van der Waals surface area contributed by atoms with Crippen molar-refractivity contribution in [2.45, 2.75) is 20.3 Å².